The van der Waals surface area contributed by atoms with Crippen LogP contribution in [0.15, 0.2) is 83.8 Å². The largest absolute Gasteiger partial charge is 0.446 e. The minimum absolute atomic E-state index is 0.0390. The third-order valence-electron chi connectivity index (χ3n) is 6.07. The number of hydrogen-bond donors (Lipinski definition) is 1. The van der Waals surface area contributed by atoms with E-state index in [1.807, 2.05) is 72.9 Å². The molecule has 1 amide bonds. The number of pyridine rings is 1. The average Bonchev–Trinajstić information content (AvgIpc) is 2.83. The second kappa shape index (κ2) is 11.8. The monoisotopic (exact) mass is 476 g/mol. The number of aliphatic hydroxyl groups is 1. The summed E-state index contributed by atoms with van der Waals surface area (Å²) in [6.45, 7) is 6.13. The summed E-state index contributed by atoms with van der Waals surface area (Å²) in [6.07, 6.45) is 3.19. The van der Waals surface area contributed by atoms with Crippen molar-refractivity contribution in [1.29, 1.82) is 0 Å². The molecule has 35 heavy (non-hydrogen) atoms. The second-order valence-electron chi connectivity index (χ2n) is 9.57. The van der Waals surface area contributed by atoms with Gasteiger partial charge in [-0.2, -0.15) is 0 Å². The van der Waals surface area contributed by atoms with E-state index in [-0.39, 0.29) is 23.8 Å². The zero-order chi connectivity index (χ0) is 25.4. The molecule has 2 atom stereocenters. The molecule has 0 saturated carbocycles. The summed E-state index contributed by atoms with van der Waals surface area (Å²) < 4.78 is 7.15. The number of amides is 1. The number of aromatic nitrogens is 1. The van der Waals surface area contributed by atoms with Crippen molar-refractivity contribution >= 4 is 6.09 Å². The number of carbonyl (C=O) groups excluding carboxylic acids is 1. The Morgan fingerprint density at radius 3 is 2.03 bits per heavy atom. The highest BCUT2D eigenvalue weighted by molar-refractivity contribution is 5.69. The highest BCUT2D eigenvalue weighted by Gasteiger charge is 2.34. The first-order valence-electron chi connectivity index (χ1n) is 12.1. The first-order chi connectivity index (χ1) is 16.7. The third-order valence-corrected chi connectivity index (χ3v) is 6.07. The minimum Gasteiger partial charge on any atom is -0.446 e. The molecule has 1 aliphatic heterocycles. The van der Waals surface area contributed by atoms with E-state index in [9.17, 15) is 14.7 Å². The van der Waals surface area contributed by atoms with Crippen LogP contribution in [0, 0.1) is 0 Å². The molecule has 0 bridgehead atoms. The van der Waals surface area contributed by atoms with Crippen molar-refractivity contribution < 1.29 is 14.6 Å². The van der Waals surface area contributed by atoms with Crippen LogP contribution in [0.25, 0.3) is 11.1 Å². The number of aryl methyl sites for hydroxylation is 1. The van der Waals surface area contributed by atoms with E-state index < -0.39 is 5.60 Å². The zero-order valence-corrected chi connectivity index (χ0v) is 21.1. The molecular formula is C29H36N2O4. The van der Waals surface area contributed by atoms with Gasteiger partial charge in [0.15, 0.2) is 0 Å². The number of ether oxygens (including phenoxy) is 1. The maximum Gasteiger partial charge on any atom is 0.410 e. The standard InChI is InChI=1S/C23H30N2O4.C6H6/c1-5-20(25-13-12-19(29-22(25)27)14-23(2,3)28)17-8-6-16(7-9-17)18-10-11-21(26)24(4)15-18;1-2-4-6-5-3-1/h6-11,15,19-20,28H,5,12-14H2,1-4H3;1-6H/t19?,20-;/m0./s1. The molecule has 1 aromatic heterocycles. The Hall–Kier alpha value is -3.38. The van der Waals surface area contributed by atoms with E-state index in [2.05, 4.69) is 6.92 Å². The Labute approximate surface area is 207 Å². The fourth-order valence-corrected chi connectivity index (χ4v) is 4.31. The number of nitrogens with zero attached hydrogens (tertiary/aromatic N) is 2. The number of benzene rings is 2. The van der Waals surface area contributed by atoms with Crippen molar-refractivity contribution in [2.24, 2.45) is 7.05 Å². The number of rotatable bonds is 6. The average molecular weight is 477 g/mol. The quantitative estimate of drug-likeness (QED) is 0.505. The smallest absolute Gasteiger partial charge is 0.410 e. The van der Waals surface area contributed by atoms with E-state index >= 15 is 0 Å². The van der Waals surface area contributed by atoms with Crippen molar-refractivity contribution in [2.75, 3.05) is 6.54 Å². The zero-order valence-electron chi connectivity index (χ0n) is 21.1. The number of hydrogen-bond acceptors (Lipinski definition) is 4. The molecule has 2 heterocycles. The van der Waals surface area contributed by atoms with E-state index in [1.165, 1.54) is 0 Å². The number of cyclic esters (lactones) is 1. The Kier molecular flexibility index (Phi) is 8.88. The summed E-state index contributed by atoms with van der Waals surface area (Å²) >= 11 is 0. The highest BCUT2D eigenvalue weighted by Crippen LogP contribution is 2.31. The molecule has 0 aliphatic carbocycles. The fourth-order valence-electron chi connectivity index (χ4n) is 4.31. The van der Waals surface area contributed by atoms with Crippen LogP contribution in [0.4, 0.5) is 4.79 Å². The normalized spacial score (nSPS) is 16.7. The van der Waals surface area contributed by atoms with Gasteiger partial charge in [0, 0.05) is 38.7 Å². The SMILES string of the molecule is CC[C@@H](c1ccc(-c2ccc(=O)n(C)c2)cc1)N1CCC(CC(C)(C)O)OC1=O.c1ccccc1. The Balaban J connectivity index is 0.000000497. The molecule has 186 valence electrons. The van der Waals surface area contributed by atoms with Gasteiger partial charge in [-0.25, -0.2) is 4.79 Å². The van der Waals surface area contributed by atoms with Crippen LogP contribution in [0.3, 0.4) is 0 Å². The van der Waals surface area contributed by atoms with Crippen LogP contribution in [0.2, 0.25) is 0 Å². The number of carbonyl (C=O) groups is 1. The van der Waals surface area contributed by atoms with Gasteiger partial charge in [-0.15, -0.1) is 0 Å². The van der Waals surface area contributed by atoms with Crippen LogP contribution >= 0.6 is 0 Å². The highest BCUT2D eigenvalue weighted by atomic mass is 16.6. The molecule has 0 spiro atoms. The summed E-state index contributed by atoms with van der Waals surface area (Å²) in [6, 6.07) is 23.4. The predicted molar refractivity (Wildman–Crippen MR) is 139 cm³/mol. The van der Waals surface area contributed by atoms with E-state index in [1.54, 1.807) is 36.4 Å². The van der Waals surface area contributed by atoms with Crippen LogP contribution in [-0.2, 0) is 11.8 Å². The minimum atomic E-state index is -0.853. The summed E-state index contributed by atoms with van der Waals surface area (Å²) in [5, 5.41) is 9.98. The van der Waals surface area contributed by atoms with Crippen molar-refractivity contribution in [1.82, 2.24) is 9.47 Å². The lowest BCUT2D eigenvalue weighted by atomic mass is 9.96. The van der Waals surface area contributed by atoms with Gasteiger partial charge in [0.1, 0.15) is 6.10 Å². The molecule has 1 fully saturated rings. The molecule has 2 aromatic carbocycles. The van der Waals surface area contributed by atoms with Gasteiger partial charge in [0.05, 0.1) is 11.6 Å². The van der Waals surface area contributed by atoms with Gasteiger partial charge in [0.25, 0.3) is 0 Å². The Morgan fingerprint density at radius 2 is 1.54 bits per heavy atom. The van der Waals surface area contributed by atoms with E-state index in [0.717, 1.165) is 23.1 Å². The molecule has 4 rings (SSSR count). The molecule has 1 aliphatic rings. The molecule has 6 heteroatoms. The summed E-state index contributed by atoms with van der Waals surface area (Å²) in [5.74, 6) is 0. The van der Waals surface area contributed by atoms with Crippen LogP contribution < -0.4 is 5.56 Å². The second-order valence-corrected chi connectivity index (χ2v) is 9.57. The summed E-state index contributed by atoms with van der Waals surface area (Å²) in [5.41, 5.74) is 2.15. The van der Waals surface area contributed by atoms with Gasteiger partial charge in [0.2, 0.25) is 5.56 Å². The lowest BCUT2D eigenvalue weighted by Gasteiger charge is -2.38. The van der Waals surface area contributed by atoms with E-state index in [4.69, 9.17) is 4.74 Å². The third kappa shape index (κ3) is 7.55. The van der Waals surface area contributed by atoms with Crippen molar-refractivity contribution in [3.63, 3.8) is 0 Å². The van der Waals surface area contributed by atoms with Gasteiger partial charge in [-0.3, -0.25) is 4.79 Å². The van der Waals surface area contributed by atoms with Crippen LogP contribution in [-0.4, -0.2) is 38.9 Å². The topological polar surface area (TPSA) is 71.8 Å². The van der Waals surface area contributed by atoms with Gasteiger partial charge >= 0.3 is 6.09 Å². The molecule has 1 unspecified atom stereocenters. The first kappa shape index (κ1) is 26.2. The molecule has 1 saturated heterocycles. The van der Waals surface area contributed by atoms with E-state index in [0.29, 0.717) is 19.4 Å². The molecule has 3 aromatic rings. The van der Waals surface area contributed by atoms with Crippen LogP contribution in [0.5, 0.6) is 0 Å². The summed E-state index contributed by atoms with van der Waals surface area (Å²) in [7, 11) is 1.74. The van der Waals surface area contributed by atoms with Crippen molar-refractivity contribution in [2.45, 2.75) is 57.8 Å². The molecule has 1 N–H and O–H groups in total. The Bertz CT molecular complexity index is 1110. The first-order valence-corrected chi connectivity index (χ1v) is 12.1. The lowest BCUT2D eigenvalue weighted by molar-refractivity contribution is -0.0325. The van der Waals surface area contributed by atoms with Crippen molar-refractivity contribution in [3.05, 3.63) is 94.9 Å². The molecular weight excluding hydrogens is 440 g/mol. The molecule has 0 radical (unpaired) electrons. The maximum atomic E-state index is 12.6. The van der Waals surface area contributed by atoms with Gasteiger partial charge in [-0.1, -0.05) is 67.6 Å². The van der Waals surface area contributed by atoms with Crippen LogP contribution in [0.1, 0.15) is 51.6 Å². The predicted octanol–water partition coefficient (Wildman–Crippen LogP) is 5.56. The molecule has 6 nitrogen and oxygen atoms in total. The maximum absolute atomic E-state index is 12.6. The summed E-state index contributed by atoms with van der Waals surface area (Å²) in [4.78, 5) is 26.0. The fraction of sp³-hybridized carbons (Fsp3) is 0.379. The Morgan fingerprint density at radius 1 is 0.971 bits per heavy atom. The van der Waals surface area contributed by atoms with Gasteiger partial charge in [-0.05, 0) is 43.0 Å². The lowest BCUT2D eigenvalue weighted by Crippen LogP contribution is -2.45. The van der Waals surface area contributed by atoms with Gasteiger partial charge < -0.3 is 19.3 Å². The van der Waals surface area contributed by atoms with Crippen molar-refractivity contribution in [3.8, 4) is 11.1 Å².